The first-order valence-corrected chi connectivity index (χ1v) is 11.0. The molecule has 0 spiro atoms. The Morgan fingerprint density at radius 3 is 2.50 bits per heavy atom. The Bertz CT molecular complexity index is 1020. The molecule has 2 aromatic heterocycles. The molecule has 160 valence electrons. The lowest BCUT2D eigenvalue weighted by molar-refractivity contribution is 0.0636. The summed E-state index contributed by atoms with van der Waals surface area (Å²) in [6.45, 7) is 10.3. The molecule has 0 saturated carbocycles. The van der Waals surface area contributed by atoms with E-state index in [9.17, 15) is 4.79 Å². The van der Waals surface area contributed by atoms with Crippen LogP contribution >= 0.6 is 11.8 Å². The zero-order valence-corrected chi connectivity index (χ0v) is 19.0. The van der Waals surface area contributed by atoms with Crippen LogP contribution in [0.1, 0.15) is 51.7 Å². The van der Waals surface area contributed by atoms with E-state index in [4.69, 9.17) is 4.74 Å². The molecule has 0 saturated heterocycles. The van der Waals surface area contributed by atoms with Gasteiger partial charge >= 0.3 is 6.09 Å². The van der Waals surface area contributed by atoms with E-state index < -0.39 is 11.7 Å². The molecule has 8 nitrogen and oxygen atoms in total. The van der Waals surface area contributed by atoms with E-state index in [0.717, 1.165) is 16.8 Å². The van der Waals surface area contributed by atoms with Crippen LogP contribution in [-0.2, 0) is 11.3 Å². The zero-order valence-electron chi connectivity index (χ0n) is 18.2. The van der Waals surface area contributed by atoms with Gasteiger partial charge in [0.1, 0.15) is 5.60 Å². The lowest BCUT2D eigenvalue weighted by Crippen LogP contribution is -2.27. The Morgan fingerprint density at radius 2 is 1.90 bits per heavy atom. The van der Waals surface area contributed by atoms with E-state index in [1.54, 1.807) is 4.52 Å². The summed E-state index contributed by atoms with van der Waals surface area (Å²) in [5.41, 5.74) is 3.10. The summed E-state index contributed by atoms with van der Waals surface area (Å²) < 4.78 is 7.01. The van der Waals surface area contributed by atoms with E-state index in [2.05, 4.69) is 39.5 Å². The van der Waals surface area contributed by atoms with E-state index in [1.807, 2.05) is 57.5 Å². The molecule has 0 bridgehead atoms. The molecule has 0 fully saturated rings. The number of nitrogens with zero attached hydrogens (tertiary/aromatic N) is 4. The molecule has 3 aromatic rings. The van der Waals surface area contributed by atoms with Crippen LogP contribution in [0, 0.1) is 0 Å². The molecular weight excluding hydrogens is 400 g/mol. The van der Waals surface area contributed by atoms with Crippen molar-refractivity contribution in [2.75, 3.05) is 16.9 Å². The highest BCUT2D eigenvalue weighted by molar-refractivity contribution is 7.98. The van der Waals surface area contributed by atoms with Gasteiger partial charge in [-0.25, -0.2) is 9.78 Å². The average Bonchev–Trinajstić information content (AvgIpc) is 3.10. The number of anilines is 2. The fraction of sp³-hybridized carbons (Fsp3) is 0.429. The molecule has 9 heteroatoms. The Labute approximate surface area is 180 Å². The Kier molecular flexibility index (Phi) is 6.50. The molecule has 0 aliphatic carbocycles. The summed E-state index contributed by atoms with van der Waals surface area (Å²) in [4.78, 5) is 21.1. The molecule has 2 heterocycles. The number of fused-ring (bicyclic) bond motifs is 1. The number of nitrogens with one attached hydrogen (secondary N) is 2. The van der Waals surface area contributed by atoms with E-state index in [1.165, 1.54) is 11.8 Å². The lowest BCUT2D eigenvalue weighted by Gasteiger charge is -2.19. The molecule has 1 amide bonds. The number of benzene rings is 1. The maximum atomic E-state index is 11.9. The van der Waals surface area contributed by atoms with Gasteiger partial charge in [-0.2, -0.15) is 14.6 Å². The minimum atomic E-state index is -0.533. The van der Waals surface area contributed by atoms with Crippen LogP contribution < -0.4 is 10.6 Å². The Morgan fingerprint density at radius 1 is 1.20 bits per heavy atom. The first-order valence-electron chi connectivity index (χ1n) is 9.79. The summed E-state index contributed by atoms with van der Waals surface area (Å²) in [7, 11) is 0. The number of ether oxygens (including phenoxy) is 1. The maximum Gasteiger partial charge on any atom is 0.412 e. The highest BCUT2D eigenvalue weighted by atomic mass is 32.2. The van der Waals surface area contributed by atoms with Crippen LogP contribution in [0.25, 0.3) is 5.65 Å². The summed E-state index contributed by atoms with van der Waals surface area (Å²) in [5.74, 6) is 0.970. The summed E-state index contributed by atoms with van der Waals surface area (Å²) in [5, 5.41) is 11.2. The monoisotopic (exact) mass is 428 g/mol. The van der Waals surface area contributed by atoms with Gasteiger partial charge in [0, 0.05) is 17.8 Å². The van der Waals surface area contributed by atoms with Crippen molar-refractivity contribution in [3.63, 3.8) is 0 Å². The smallest absolute Gasteiger partial charge is 0.412 e. The van der Waals surface area contributed by atoms with Gasteiger partial charge in [0.15, 0.2) is 10.8 Å². The first kappa shape index (κ1) is 21.9. The van der Waals surface area contributed by atoms with Gasteiger partial charge in [0.05, 0.1) is 6.20 Å². The van der Waals surface area contributed by atoms with Crippen molar-refractivity contribution in [2.45, 2.75) is 57.8 Å². The third-order valence-corrected chi connectivity index (χ3v) is 4.78. The van der Waals surface area contributed by atoms with Crippen LogP contribution in [0.4, 0.5) is 16.4 Å². The molecular formula is C21H28N6O2S. The van der Waals surface area contributed by atoms with Gasteiger partial charge in [-0.1, -0.05) is 37.7 Å². The second kappa shape index (κ2) is 8.91. The number of aromatic nitrogens is 4. The van der Waals surface area contributed by atoms with Gasteiger partial charge in [-0.05, 0) is 50.6 Å². The highest BCUT2D eigenvalue weighted by Crippen LogP contribution is 2.23. The normalized spacial score (nSPS) is 11.7. The average molecular weight is 429 g/mol. The first-order chi connectivity index (χ1) is 14.2. The van der Waals surface area contributed by atoms with E-state index in [-0.39, 0.29) is 0 Å². The van der Waals surface area contributed by atoms with Crippen LogP contribution in [0.3, 0.4) is 0 Å². The molecule has 1 aromatic carbocycles. The molecule has 0 aliphatic heterocycles. The number of amides is 1. The Balaban J connectivity index is 1.71. The predicted molar refractivity (Wildman–Crippen MR) is 120 cm³/mol. The minimum absolute atomic E-state index is 0.324. The third kappa shape index (κ3) is 5.41. The van der Waals surface area contributed by atoms with Crippen LogP contribution in [0.5, 0.6) is 0 Å². The molecule has 30 heavy (non-hydrogen) atoms. The lowest BCUT2D eigenvalue weighted by atomic mass is 10.1. The number of carbonyl (C=O) groups is 1. The number of hydrogen-bond acceptors (Lipinski definition) is 7. The molecule has 0 aliphatic rings. The van der Waals surface area contributed by atoms with Crippen molar-refractivity contribution in [1.82, 2.24) is 19.6 Å². The largest absolute Gasteiger partial charge is 0.444 e. The van der Waals surface area contributed by atoms with Gasteiger partial charge in [0.25, 0.3) is 0 Å². The highest BCUT2D eigenvalue weighted by Gasteiger charge is 2.17. The molecule has 0 radical (unpaired) electrons. The summed E-state index contributed by atoms with van der Waals surface area (Å²) >= 11 is 1.50. The summed E-state index contributed by atoms with van der Waals surface area (Å²) in [6.07, 6.45) is 3.33. The maximum absolute atomic E-state index is 11.9. The standard InChI is InChI=1S/C21H28N6O2S/c1-13(2)16-12-23-27-17(16)25-19(30-6)26-18(27)22-11-14-7-9-15(10-8-14)24-20(28)29-21(3,4)5/h7-10,12-13H,11H2,1-6H3,(H,24,28)(H,22,25,26). The van der Waals surface area contributed by atoms with Crippen molar-refractivity contribution in [1.29, 1.82) is 0 Å². The van der Waals surface area contributed by atoms with Crippen molar-refractivity contribution >= 4 is 35.1 Å². The van der Waals surface area contributed by atoms with Crippen LogP contribution in [0.2, 0.25) is 0 Å². The van der Waals surface area contributed by atoms with E-state index >= 15 is 0 Å². The van der Waals surface area contributed by atoms with Crippen LogP contribution in [0.15, 0.2) is 35.6 Å². The molecule has 0 unspecified atom stereocenters. The second-order valence-corrected chi connectivity index (χ2v) is 8.97. The minimum Gasteiger partial charge on any atom is -0.444 e. The fourth-order valence-corrected chi connectivity index (χ4v) is 3.15. The topological polar surface area (TPSA) is 93.4 Å². The number of rotatable bonds is 6. The fourth-order valence-electron chi connectivity index (χ4n) is 2.80. The van der Waals surface area contributed by atoms with Crippen LogP contribution in [-0.4, -0.2) is 37.5 Å². The molecule has 3 rings (SSSR count). The SMILES string of the molecule is CSc1nc(NCc2ccc(NC(=O)OC(C)(C)C)cc2)n2ncc(C(C)C)c2n1. The number of carbonyl (C=O) groups excluding carboxylic acids is 1. The molecule has 0 atom stereocenters. The van der Waals surface area contributed by atoms with E-state index in [0.29, 0.717) is 29.3 Å². The zero-order chi connectivity index (χ0) is 21.9. The predicted octanol–water partition coefficient (Wildman–Crippen LogP) is 4.93. The van der Waals surface area contributed by atoms with Crippen molar-refractivity contribution in [3.05, 3.63) is 41.6 Å². The van der Waals surface area contributed by atoms with Gasteiger partial charge in [-0.15, -0.1) is 0 Å². The van der Waals surface area contributed by atoms with Crippen molar-refractivity contribution in [2.24, 2.45) is 0 Å². The van der Waals surface area contributed by atoms with Gasteiger partial charge in [0.2, 0.25) is 5.95 Å². The Hall–Kier alpha value is -2.81. The van der Waals surface area contributed by atoms with Gasteiger partial charge in [-0.3, -0.25) is 5.32 Å². The number of hydrogen-bond donors (Lipinski definition) is 2. The third-order valence-electron chi connectivity index (χ3n) is 4.23. The second-order valence-electron chi connectivity index (χ2n) is 8.20. The number of thioether (sulfide) groups is 1. The van der Waals surface area contributed by atoms with Gasteiger partial charge < -0.3 is 10.1 Å². The molecule has 2 N–H and O–H groups in total. The van der Waals surface area contributed by atoms with Crippen molar-refractivity contribution < 1.29 is 9.53 Å². The quantitative estimate of drug-likeness (QED) is 0.538. The van der Waals surface area contributed by atoms with Crippen molar-refractivity contribution in [3.8, 4) is 0 Å². The summed E-state index contributed by atoms with van der Waals surface area (Å²) in [6, 6.07) is 7.57.